The zero-order chi connectivity index (χ0) is 17.2. The summed E-state index contributed by atoms with van der Waals surface area (Å²) in [5.41, 5.74) is 1.44. The molecule has 126 valence electrons. The van der Waals surface area contributed by atoms with Crippen molar-refractivity contribution in [1.29, 1.82) is 0 Å². The monoisotopic (exact) mass is 382 g/mol. The Morgan fingerprint density at radius 2 is 2.13 bits per heavy atom. The molecule has 0 unspecified atom stereocenters. The average molecular weight is 383 g/mol. The molecule has 2 rings (SSSR count). The van der Waals surface area contributed by atoms with Crippen LogP contribution in [0.25, 0.3) is 11.0 Å². The Morgan fingerprint density at radius 3 is 2.78 bits per heavy atom. The average Bonchev–Trinajstić information content (AvgIpc) is 2.74. The molecule has 0 saturated heterocycles. The van der Waals surface area contributed by atoms with Gasteiger partial charge in [0.2, 0.25) is 0 Å². The molecule has 0 aliphatic rings. The smallest absolute Gasteiger partial charge is 0.410 e. The maximum Gasteiger partial charge on any atom is 0.410 e. The number of carbonyl (C=O) groups is 1. The third-order valence-corrected chi connectivity index (χ3v) is 3.96. The highest BCUT2D eigenvalue weighted by Crippen LogP contribution is 2.23. The van der Waals surface area contributed by atoms with Crippen molar-refractivity contribution in [3.05, 3.63) is 22.7 Å². The summed E-state index contributed by atoms with van der Waals surface area (Å²) in [5, 5.41) is 0. The Bertz CT molecular complexity index is 706. The van der Waals surface area contributed by atoms with Gasteiger partial charge >= 0.3 is 6.09 Å². The van der Waals surface area contributed by atoms with Crippen molar-refractivity contribution in [2.75, 3.05) is 13.6 Å². The van der Waals surface area contributed by atoms with Crippen molar-refractivity contribution in [1.82, 2.24) is 19.4 Å². The van der Waals surface area contributed by atoms with Crippen LogP contribution in [0, 0.1) is 6.92 Å². The lowest BCUT2D eigenvalue weighted by Crippen LogP contribution is -2.35. The van der Waals surface area contributed by atoms with E-state index in [9.17, 15) is 4.79 Å². The number of imidazole rings is 1. The molecule has 0 N–H and O–H groups in total. The lowest BCUT2D eigenvalue weighted by atomic mass is 10.2. The summed E-state index contributed by atoms with van der Waals surface area (Å²) in [4.78, 5) is 22.4. The fraction of sp³-hybridized carbons (Fsp3) is 0.562. The molecule has 0 bridgehead atoms. The molecule has 7 heteroatoms. The van der Waals surface area contributed by atoms with E-state index in [1.54, 1.807) is 18.1 Å². The van der Waals surface area contributed by atoms with Gasteiger partial charge in [0, 0.05) is 26.3 Å². The maximum absolute atomic E-state index is 12.0. The third kappa shape index (κ3) is 4.43. The summed E-state index contributed by atoms with van der Waals surface area (Å²) in [6, 6.07) is 1.90. The zero-order valence-electron chi connectivity index (χ0n) is 14.3. The summed E-state index contributed by atoms with van der Waals surface area (Å²) in [6.45, 7) is 8.95. The maximum atomic E-state index is 12.0. The molecule has 0 radical (unpaired) electrons. The summed E-state index contributed by atoms with van der Waals surface area (Å²) < 4.78 is 8.26. The third-order valence-electron chi connectivity index (χ3n) is 3.38. The van der Waals surface area contributed by atoms with E-state index in [1.165, 1.54) is 0 Å². The van der Waals surface area contributed by atoms with Gasteiger partial charge in [0.15, 0.2) is 0 Å². The molecule has 0 fully saturated rings. The second-order valence-corrected chi connectivity index (χ2v) is 7.29. The van der Waals surface area contributed by atoms with Gasteiger partial charge in [-0.1, -0.05) is 0 Å². The summed E-state index contributed by atoms with van der Waals surface area (Å²) >= 11 is 3.48. The minimum Gasteiger partial charge on any atom is -0.444 e. The topological polar surface area (TPSA) is 60.2 Å². The highest BCUT2D eigenvalue weighted by atomic mass is 79.9. The van der Waals surface area contributed by atoms with E-state index in [4.69, 9.17) is 4.74 Å². The Morgan fingerprint density at radius 1 is 1.43 bits per heavy atom. The van der Waals surface area contributed by atoms with Gasteiger partial charge in [-0.25, -0.2) is 14.8 Å². The number of fused-ring (bicyclic) bond motifs is 1. The molecule has 1 amide bonds. The van der Waals surface area contributed by atoms with Crippen LogP contribution in [0.2, 0.25) is 0 Å². The molecule has 0 saturated carbocycles. The van der Waals surface area contributed by atoms with Crippen molar-refractivity contribution in [2.24, 2.45) is 0 Å². The van der Waals surface area contributed by atoms with Gasteiger partial charge in [-0.15, -0.1) is 0 Å². The van der Waals surface area contributed by atoms with Crippen molar-refractivity contribution in [2.45, 2.75) is 46.3 Å². The van der Waals surface area contributed by atoms with E-state index in [2.05, 4.69) is 30.5 Å². The lowest BCUT2D eigenvalue weighted by Gasteiger charge is -2.24. The summed E-state index contributed by atoms with van der Waals surface area (Å²) in [7, 11) is 1.75. The molecule has 6 nitrogen and oxygen atoms in total. The van der Waals surface area contributed by atoms with Crippen molar-refractivity contribution in [3.63, 3.8) is 0 Å². The number of aromatic nitrogens is 3. The lowest BCUT2D eigenvalue weighted by molar-refractivity contribution is 0.0295. The van der Waals surface area contributed by atoms with Crippen LogP contribution in [0.15, 0.2) is 16.9 Å². The molecule has 23 heavy (non-hydrogen) atoms. The molecular weight excluding hydrogens is 360 g/mol. The number of pyridine rings is 1. The fourth-order valence-corrected chi connectivity index (χ4v) is 2.86. The minimum absolute atomic E-state index is 0.299. The SMILES string of the molecule is Cc1nc2ccnc(Br)c2n1CCCN(C)C(=O)OC(C)(C)C. The van der Waals surface area contributed by atoms with Crippen LogP contribution in [0.4, 0.5) is 4.79 Å². The first-order valence-electron chi connectivity index (χ1n) is 7.60. The number of halogens is 1. The van der Waals surface area contributed by atoms with E-state index in [-0.39, 0.29) is 6.09 Å². The molecule has 0 aliphatic carbocycles. The molecule has 0 aromatic carbocycles. The van der Waals surface area contributed by atoms with Crippen LogP contribution < -0.4 is 0 Å². The number of ether oxygens (including phenoxy) is 1. The normalized spacial score (nSPS) is 11.7. The highest BCUT2D eigenvalue weighted by molar-refractivity contribution is 9.10. The molecule has 0 aliphatic heterocycles. The second-order valence-electron chi connectivity index (χ2n) is 6.54. The molecule has 0 atom stereocenters. The second kappa shape index (κ2) is 6.86. The first kappa shape index (κ1) is 17.7. The van der Waals surface area contributed by atoms with E-state index in [0.717, 1.165) is 34.4 Å². The van der Waals surface area contributed by atoms with Gasteiger partial charge in [-0.05, 0) is 56.1 Å². The zero-order valence-corrected chi connectivity index (χ0v) is 15.8. The van der Waals surface area contributed by atoms with Crippen LogP contribution in [-0.2, 0) is 11.3 Å². The van der Waals surface area contributed by atoms with Crippen molar-refractivity contribution >= 4 is 33.1 Å². The molecule has 2 aromatic rings. The van der Waals surface area contributed by atoms with Crippen LogP contribution in [0.1, 0.15) is 33.0 Å². The Hall–Kier alpha value is -1.63. The standard InChI is InChI=1S/C16H23BrN4O2/c1-11-19-12-7-8-18-14(17)13(12)21(11)10-6-9-20(5)15(22)23-16(2,3)4/h7-8H,6,9-10H2,1-5H3. The molecule has 2 aromatic heterocycles. The predicted molar refractivity (Wildman–Crippen MR) is 93.4 cm³/mol. The Kier molecular flexibility index (Phi) is 5.29. The van der Waals surface area contributed by atoms with Crippen molar-refractivity contribution < 1.29 is 9.53 Å². The van der Waals surface area contributed by atoms with Gasteiger partial charge < -0.3 is 14.2 Å². The number of carbonyl (C=O) groups excluding carboxylic acids is 1. The van der Waals surface area contributed by atoms with Gasteiger partial charge in [-0.3, -0.25) is 0 Å². The van der Waals surface area contributed by atoms with Gasteiger partial charge in [0.1, 0.15) is 21.5 Å². The first-order chi connectivity index (χ1) is 10.7. The van der Waals surface area contributed by atoms with E-state index < -0.39 is 5.60 Å². The quantitative estimate of drug-likeness (QED) is 0.755. The molecular formula is C16H23BrN4O2. The fourth-order valence-electron chi connectivity index (χ4n) is 2.33. The number of aryl methyl sites for hydroxylation is 2. The van der Waals surface area contributed by atoms with E-state index in [0.29, 0.717) is 6.54 Å². The van der Waals surface area contributed by atoms with Gasteiger partial charge in [-0.2, -0.15) is 0 Å². The van der Waals surface area contributed by atoms with E-state index in [1.807, 2.05) is 33.8 Å². The summed E-state index contributed by atoms with van der Waals surface area (Å²) in [6.07, 6.45) is 2.25. The van der Waals surface area contributed by atoms with Crippen molar-refractivity contribution in [3.8, 4) is 0 Å². The number of hydrogen-bond donors (Lipinski definition) is 0. The van der Waals surface area contributed by atoms with Crippen LogP contribution in [0.5, 0.6) is 0 Å². The van der Waals surface area contributed by atoms with Crippen LogP contribution >= 0.6 is 15.9 Å². The Balaban J connectivity index is 1.99. The number of nitrogens with zero attached hydrogens (tertiary/aromatic N) is 4. The minimum atomic E-state index is -0.473. The summed E-state index contributed by atoms with van der Waals surface area (Å²) in [5.74, 6) is 0.939. The first-order valence-corrected chi connectivity index (χ1v) is 8.40. The highest BCUT2D eigenvalue weighted by Gasteiger charge is 2.19. The molecule has 0 spiro atoms. The van der Waals surface area contributed by atoms with Crippen LogP contribution in [0.3, 0.4) is 0 Å². The largest absolute Gasteiger partial charge is 0.444 e. The van der Waals surface area contributed by atoms with Crippen LogP contribution in [-0.4, -0.2) is 44.7 Å². The molecule has 2 heterocycles. The number of rotatable bonds is 4. The Labute approximate surface area is 145 Å². The van der Waals surface area contributed by atoms with E-state index >= 15 is 0 Å². The van der Waals surface area contributed by atoms with Gasteiger partial charge in [0.05, 0.1) is 5.52 Å². The van der Waals surface area contributed by atoms with Gasteiger partial charge in [0.25, 0.3) is 0 Å². The number of amides is 1. The predicted octanol–water partition coefficient (Wildman–Crippen LogP) is 3.76. The number of hydrogen-bond acceptors (Lipinski definition) is 4.